The predicted molar refractivity (Wildman–Crippen MR) is 114 cm³/mol. The Kier molecular flexibility index (Phi) is 5.26. The lowest BCUT2D eigenvalue weighted by molar-refractivity contribution is -0.189. The highest BCUT2D eigenvalue weighted by Gasteiger charge is 2.65. The van der Waals surface area contributed by atoms with Crippen LogP contribution in [0.1, 0.15) is 42.3 Å². The van der Waals surface area contributed by atoms with Gasteiger partial charge in [0.15, 0.2) is 21.8 Å². The molecule has 0 radical (unpaired) electrons. The van der Waals surface area contributed by atoms with E-state index in [9.17, 15) is 26.4 Å². The van der Waals surface area contributed by atoms with Gasteiger partial charge < -0.3 is 18.9 Å². The zero-order valence-electron chi connectivity index (χ0n) is 19.3. The molecular formula is C22H24F3N3O6S. The van der Waals surface area contributed by atoms with Crippen LogP contribution < -0.4 is 4.74 Å². The summed E-state index contributed by atoms with van der Waals surface area (Å²) in [6.45, 7) is 4.30. The van der Waals surface area contributed by atoms with Crippen molar-refractivity contribution in [2.45, 2.75) is 48.3 Å². The SMILES string of the molecule is C[C@@H](Oc1ccc(S(C)(=O)=O)cc1C(=O)N1CC2C[C@]2(c2noc(C3(C)COC3)n2)C1)C(F)(F)F. The maximum atomic E-state index is 13.4. The monoisotopic (exact) mass is 515 g/mol. The number of aromatic nitrogens is 2. The summed E-state index contributed by atoms with van der Waals surface area (Å²) in [5, 5.41) is 4.15. The first kappa shape index (κ1) is 24.0. The molecule has 0 N–H and O–H groups in total. The maximum absolute atomic E-state index is 13.4. The highest BCUT2D eigenvalue weighted by molar-refractivity contribution is 7.90. The standard InChI is InChI=1S/C22H24F3N3O6S/c1-12(22(23,24)25)33-16-5-4-14(35(3,30)31)6-15(16)17(29)28-8-13-7-21(13,9-28)18-26-19(34-27-18)20(2)10-32-11-20/h4-6,12-13H,7-11H2,1-3H3/t12-,13?,21+/m1/s1. The summed E-state index contributed by atoms with van der Waals surface area (Å²) in [4.78, 5) is 19.3. The number of hydrogen-bond donors (Lipinski definition) is 0. The molecule has 1 unspecified atom stereocenters. The first-order valence-electron chi connectivity index (χ1n) is 11.0. The van der Waals surface area contributed by atoms with Gasteiger partial charge in [0.25, 0.3) is 5.91 Å². The molecule has 3 fully saturated rings. The van der Waals surface area contributed by atoms with E-state index in [2.05, 4.69) is 10.1 Å². The van der Waals surface area contributed by atoms with Gasteiger partial charge in [0.2, 0.25) is 5.89 Å². The number of alkyl halides is 3. The number of rotatable bonds is 6. The normalized spacial score (nSPS) is 26.1. The van der Waals surface area contributed by atoms with Gasteiger partial charge in [-0.15, -0.1) is 0 Å². The molecule has 1 saturated carbocycles. The van der Waals surface area contributed by atoms with Crippen molar-refractivity contribution < 1.29 is 40.4 Å². The molecule has 1 aliphatic carbocycles. The number of carbonyl (C=O) groups excluding carboxylic acids is 1. The average molecular weight is 516 g/mol. The van der Waals surface area contributed by atoms with E-state index in [0.717, 1.165) is 37.8 Å². The Hall–Kier alpha value is -2.67. The van der Waals surface area contributed by atoms with E-state index in [0.29, 0.717) is 31.5 Å². The number of carbonyl (C=O) groups is 1. The fourth-order valence-corrected chi connectivity index (χ4v) is 5.27. The van der Waals surface area contributed by atoms with Crippen LogP contribution >= 0.6 is 0 Å². The highest BCUT2D eigenvalue weighted by Crippen LogP contribution is 2.58. The van der Waals surface area contributed by atoms with Gasteiger partial charge in [-0.2, -0.15) is 18.2 Å². The first-order chi connectivity index (χ1) is 16.2. The summed E-state index contributed by atoms with van der Waals surface area (Å²) >= 11 is 0. The van der Waals surface area contributed by atoms with E-state index >= 15 is 0 Å². The van der Waals surface area contributed by atoms with Crippen molar-refractivity contribution in [1.29, 1.82) is 0 Å². The van der Waals surface area contributed by atoms with Crippen LogP contribution in [0.15, 0.2) is 27.6 Å². The van der Waals surface area contributed by atoms with Gasteiger partial charge in [0.1, 0.15) is 5.75 Å². The molecule has 5 rings (SSSR count). The van der Waals surface area contributed by atoms with E-state index < -0.39 is 33.4 Å². The second-order valence-electron chi connectivity index (χ2n) is 9.95. The van der Waals surface area contributed by atoms with Crippen LogP contribution in [0.4, 0.5) is 13.2 Å². The van der Waals surface area contributed by atoms with Crippen LogP contribution in [0.2, 0.25) is 0 Å². The smallest absolute Gasteiger partial charge is 0.425 e. The van der Waals surface area contributed by atoms with E-state index in [1.54, 1.807) is 0 Å². The third kappa shape index (κ3) is 4.07. The number of nitrogens with zero attached hydrogens (tertiary/aromatic N) is 3. The van der Waals surface area contributed by atoms with Crippen molar-refractivity contribution in [2.24, 2.45) is 5.92 Å². The molecule has 1 aromatic heterocycles. The number of piperidine rings is 1. The Labute approximate surface area is 199 Å². The summed E-state index contributed by atoms with van der Waals surface area (Å²) in [6.07, 6.45) is -5.14. The lowest BCUT2D eigenvalue weighted by Crippen LogP contribution is -2.44. The molecule has 35 heavy (non-hydrogen) atoms. The number of sulfone groups is 1. The van der Waals surface area contributed by atoms with Crippen molar-refractivity contribution in [3.8, 4) is 5.75 Å². The number of halogens is 3. The van der Waals surface area contributed by atoms with Crippen molar-refractivity contribution in [3.63, 3.8) is 0 Å². The number of hydrogen-bond acceptors (Lipinski definition) is 8. The maximum Gasteiger partial charge on any atom is 0.425 e. The zero-order chi connectivity index (χ0) is 25.4. The van der Waals surface area contributed by atoms with Gasteiger partial charge in [0.05, 0.1) is 34.5 Å². The van der Waals surface area contributed by atoms with Crippen LogP contribution in [0, 0.1) is 5.92 Å². The third-order valence-corrected chi connectivity index (χ3v) is 8.15. The number of fused-ring (bicyclic) bond motifs is 1. The second kappa shape index (κ2) is 7.66. The van der Waals surface area contributed by atoms with Gasteiger partial charge >= 0.3 is 6.18 Å². The minimum absolute atomic E-state index is 0.0684. The van der Waals surface area contributed by atoms with E-state index in [1.165, 1.54) is 4.90 Å². The van der Waals surface area contributed by atoms with Crippen LogP contribution in [0.3, 0.4) is 0 Å². The first-order valence-corrected chi connectivity index (χ1v) is 12.9. The molecule has 2 aliphatic heterocycles. The topological polar surface area (TPSA) is 112 Å². The largest absolute Gasteiger partial charge is 0.480 e. The van der Waals surface area contributed by atoms with Crippen molar-refractivity contribution >= 4 is 15.7 Å². The molecule has 190 valence electrons. The molecule has 2 saturated heterocycles. The number of amides is 1. The molecule has 1 aromatic carbocycles. The Balaban J connectivity index is 1.41. The van der Waals surface area contributed by atoms with E-state index in [4.69, 9.17) is 14.0 Å². The quantitative estimate of drug-likeness (QED) is 0.577. The molecule has 1 amide bonds. The molecular weight excluding hydrogens is 491 g/mol. The van der Waals surface area contributed by atoms with E-state index in [-0.39, 0.29) is 34.1 Å². The third-order valence-electron chi connectivity index (χ3n) is 7.04. The molecule has 3 aliphatic rings. The summed E-state index contributed by atoms with van der Waals surface area (Å²) in [7, 11) is -3.71. The van der Waals surface area contributed by atoms with Crippen LogP contribution in [0.25, 0.3) is 0 Å². The number of ether oxygens (including phenoxy) is 2. The minimum atomic E-state index is -4.66. The van der Waals surface area contributed by atoms with Crippen LogP contribution in [0.5, 0.6) is 5.75 Å². The Morgan fingerprint density at radius 3 is 2.63 bits per heavy atom. The van der Waals surface area contributed by atoms with Gasteiger partial charge in [-0.05, 0) is 44.4 Å². The Morgan fingerprint density at radius 1 is 1.31 bits per heavy atom. The molecule has 3 atom stereocenters. The lowest BCUT2D eigenvalue weighted by atomic mass is 9.88. The molecule has 9 nitrogen and oxygen atoms in total. The van der Waals surface area contributed by atoms with Crippen molar-refractivity contribution in [3.05, 3.63) is 35.5 Å². The second-order valence-corrected chi connectivity index (χ2v) is 12.0. The molecule has 3 heterocycles. The fourth-order valence-electron chi connectivity index (χ4n) is 4.62. The average Bonchev–Trinajstić information content (AvgIpc) is 3.11. The number of benzene rings is 1. The van der Waals surface area contributed by atoms with Crippen LogP contribution in [-0.4, -0.2) is 74.2 Å². The van der Waals surface area contributed by atoms with Gasteiger partial charge in [0, 0.05) is 19.3 Å². The highest BCUT2D eigenvalue weighted by atomic mass is 32.2. The van der Waals surface area contributed by atoms with Gasteiger partial charge in [-0.1, -0.05) is 5.16 Å². The Bertz CT molecular complexity index is 1290. The summed E-state index contributed by atoms with van der Waals surface area (Å²) < 4.78 is 79.2. The zero-order valence-corrected chi connectivity index (χ0v) is 20.1. The lowest BCUT2D eigenvalue weighted by Gasteiger charge is -2.34. The van der Waals surface area contributed by atoms with Crippen LogP contribution in [-0.2, 0) is 25.4 Å². The summed E-state index contributed by atoms with van der Waals surface area (Å²) in [5.41, 5.74) is -1.07. The molecule has 0 bridgehead atoms. The van der Waals surface area contributed by atoms with Gasteiger partial charge in [-0.25, -0.2) is 8.42 Å². The fraction of sp³-hybridized carbons (Fsp3) is 0.591. The minimum Gasteiger partial charge on any atom is -0.480 e. The van der Waals surface area contributed by atoms with Gasteiger partial charge in [-0.3, -0.25) is 4.79 Å². The Morgan fingerprint density at radius 2 is 2.03 bits per heavy atom. The predicted octanol–water partition coefficient (Wildman–Crippen LogP) is 2.50. The number of likely N-dealkylation sites (tertiary alicyclic amines) is 1. The van der Waals surface area contributed by atoms with Crippen molar-refractivity contribution in [2.75, 3.05) is 32.6 Å². The molecule has 0 spiro atoms. The van der Waals surface area contributed by atoms with E-state index in [1.807, 2.05) is 6.92 Å². The summed E-state index contributed by atoms with van der Waals surface area (Å²) in [5.74, 6) is 0.0873. The summed E-state index contributed by atoms with van der Waals surface area (Å²) in [6, 6.07) is 3.28. The van der Waals surface area contributed by atoms with Crippen molar-refractivity contribution in [1.82, 2.24) is 15.0 Å². The molecule has 13 heteroatoms. The molecule has 2 aromatic rings.